The first kappa shape index (κ1) is 103. The Morgan fingerprint density at radius 1 is 0.430 bits per heavy atom. The van der Waals surface area contributed by atoms with Crippen LogP contribution in [0.3, 0.4) is 0 Å². The number of ether oxygens (including phenoxy) is 9. The molecule has 11 aliphatic rings. The van der Waals surface area contributed by atoms with Crippen molar-refractivity contribution in [2.24, 2.45) is 5.73 Å². The van der Waals surface area contributed by atoms with Gasteiger partial charge in [-0.1, -0.05) is 191 Å². The fraction of sp³-hybridized carbons (Fsp3) is 0.559. The van der Waals surface area contributed by atoms with Crippen molar-refractivity contribution in [3.05, 3.63) is 267 Å². The molecule has 13 atom stereocenters. The summed E-state index contributed by atoms with van der Waals surface area (Å²) in [6.07, 6.45) is 34.5. The Morgan fingerprint density at radius 2 is 0.741 bits per heavy atom. The lowest BCUT2D eigenvalue weighted by atomic mass is 9.67. The Kier molecular flexibility index (Phi) is 35.4. The number of aliphatic hydroxyl groups excluding tert-OH is 1. The van der Waals surface area contributed by atoms with E-state index in [1.807, 2.05) is 153 Å². The molecular formula is C111H145F3N6O15. The van der Waals surface area contributed by atoms with Crippen molar-refractivity contribution >= 4 is 24.4 Å². The molecule has 2 amide bonds. The Bertz CT molecular complexity index is 4960. The number of hydrogen-bond acceptors (Lipinski definition) is 18. The fourth-order valence-corrected chi connectivity index (χ4v) is 23.7. The van der Waals surface area contributed by atoms with Gasteiger partial charge < -0.3 is 74.0 Å². The van der Waals surface area contributed by atoms with E-state index in [1.165, 1.54) is 153 Å². The van der Waals surface area contributed by atoms with Gasteiger partial charge in [-0.15, -0.1) is 0 Å². The maximum absolute atomic E-state index is 11.9. The summed E-state index contributed by atoms with van der Waals surface area (Å²) in [5.41, 5.74) is 21.9. The molecule has 3 aromatic heterocycles. The Morgan fingerprint density at radius 3 is 1.10 bits per heavy atom. The lowest BCUT2D eigenvalue weighted by Crippen LogP contribution is -2.46. The molecule has 24 heteroatoms. The van der Waals surface area contributed by atoms with E-state index in [-0.39, 0.29) is 63.4 Å². The Hall–Kier alpha value is -9.34. The van der Waals surface area contributed by atoms with Gasteiger partial charge in [0.05, 0.1) is 65.4 Å². The Balaban J connectivity index is 0.000000138. The fourth-order valence-electron chi connectivity index (χ4n) is 23.7. The highest BCUT2D eigenvalue weighted by atomic mass is 19.4. The van der Waals surface area contributed by atoms with Gasteiger partial charge in [0.15, 0.2) is 0 Å². The largest absolute Gasteiger partial charge is 0.490 e. The quantitative estimate of drug-likeness (QED) is 0.0470. The van der Waals surface area contributed by atoms with Crippen molar-refractivity contribution in [3.63, 3.8) is 0 Å². The van der Waals surface area contributed by atoms with E-state index >= 15 is 0 Å². The van der Waals surface area contributed by atoms with Crippen molar-refractivity contribution in [1.82, 2.24) is 25.6 Å². The third kappa shape index (κ3) is 26.4. The van der Waals surface area contributed by atoms with E-state index in [9.17, 15) is 32.7 Å². The number of carboxylic acid groups (broad SMARTS) is 1. The zero-order valence-corrected chi connectivity index (χ0v) is 80.9. The van der Waals surface area contributed by atoms with E-state index < -0.39 is 41.6 Å². The molecule has 0 unspecified atom stereocenters. The van der Waals surface area contributed by atoms with Crippen LogP contribution in [0.4, 0.5) is 22.8 Å². The minimum absolute atomic E-state index is 0.0127. The van der Waals surface area contributed by atoms with Crippen LogP contribution in [0.1, 0.15) is 305 Å². The van der Waals surface area contributed by atoms with Crippen LogP contribution in [0.5, 0.6) is 0 Å². The number of benzene rings is 5. The van der Waals surface area contributed by atoms with Crippen molar-refractivity contribution in [2.75, 3.05) is 48.3 Å². The van der Waals surface area contributed by atoms with Crippen LogP contribution >= 0.6 is 0 Å². The summed E-state index contributed by atoms with van der Waals surface area (Å²) in [5, 5.41) is 22.7. The molecule has 135 heavy (non-hydrogen) atoms. The third-order valence-corrected chi connectivity index (χ3v) is 30.0. The predicted molar refractivity (Wildman–Crippen MR) is 516 cm³/mol. The smallest absolute Gasteiger partial charge is 0.475 e. The molecule has 6 fully saturated rings. The molecule has 19 rings (SSSR count). The van der Waals surface area contributed by atoms with Gasteiger partial charge in [-0.05, 0) is 249 Å². The lowest BCUT2D eigenvalue weighted by molar-refractivity contribution is -0.192. The average molecular weight is 1860 g/mol. The highest BCUT2D eigenvalue weighted by Crippen LogP contribution is 2.55. The number of amides is 2. The molecule has 3 spiro atoms. The number of fused-ring (bicyclic) bond motifs is 5. The second-order valence-electron chi connectivity index (χ2n) is 41.1. The maximum atomic E-state index is 11.9. The van der Waals surface area contributed by atoms with Crippen molar-refractivity contribution < 1.29 is 85.2 Å². The molecule has 8 aliphatic carbocycles. The highest BCUT2D eigenvalue weighted by molar-refractivity contribution is 5.73. The maximum Gasteiger partial charge on any atom is 0.490 e. The first-order chi connectivity index (χ1) is 64.8. The third-order valence-electron chi connectivity index (χ3n) is 30.0. The second kappa shape index (κ2) is 46.4. The van der Waals surface area contributed by atoms with E-state index in [0.29, 0.717) is 36.9 Å². The molecule has 3 saturated heterocycles. The van der Waals surface area contributed by atoms with Gasteiger partial charge in [0, 0.05) is 138 Å². The number of alkyl carbamates (subject to hydrolysis) is 2. The summed E-state index contributed by atoms with van der Waals surface area (Å²) in [7, 11) is 7.14. The topological polar surface area (TPSA) is 281 Å². The molecule has 6 N–H and O–H groups in total. The predicted octanol–water partition coefficient (Wildman–Crippen LogP) is 21.9. The normalized spacial score (nSPS) is 26.5. The van der Waals surface area contributed by atoms with Crippen LogP contribution < -0.4 is 16.4 Å². The van der Waals surface area contributed by atoms with Gasteiger partial charge in [0.25, 0.3) is 0 Å². The molecule has 8 aromatic rings. The number of rotatable bonds is 19. The number of aromatic nitrogens is 3. The molecule has 3 aliphatic heterocycles. The molecule has 5 aromatic carbocycles. The summed E-state index contributed by atoms with van der Waals surface area (Å²) < 4.78 is 83.7. The van der Waals surface area contributed by atoms with Crippen molar-refractivity contribution in [3.8, 4) is 0 Å². The SMILES string of the molecule is CC(C)(C)OC(=O)N[C@@H]1c2ccccc2C[C@H]1O.CO[C@@H]1Cc2ccccc2[C@H]1CCC[C@@]1(c2ccccn2)CCOC2(CCCC2)C1.CO[C@@H]1Cc2ccccc2[C@H]1CCC[C@@]1(c2ccccn2)CCOC2(CCCC2)C1.CO[C@@H]1Cc2ccccc2[C@H]1N.CO[C@@H]1Cc2ccccc2[C@H]1NC(=O)OC(C)(C)C.O=C(O)C(F)(F)F.O=CC[C@@]1(c2ccccn2)CCOC2(CCCC2)C1. The number of aliphatic carboxylic acids is 1. The number of aliphatic hydroxyl groups is 1. The lowest BCUT2D eigenvalue weighted by Gasteiger charge is -2.46. The highest BCUT2D eigenvalue weighted by Gasteiger charge is 2.53. The standard InChI is InChI=1S/2C27H35NO2.C16H21NO2.C15H21NO3.C14H19NO3.C10H13NO.C2HF3O2/c2*1-29-24-19-21-9-2-3-10-22(21)23(24)11-8-13-26(25-12-4-7-17-28-25)16-18-30-27(20-26)14-5-6-15-27;18-11-8-15(14-5-1-4-10-17-14)9-12-19-16(13-15)6-2-3-7-16;1-15(2,3)19-14(17)16-13-11-8-6-5-7-10(11)9-12(13)18-4;1-14(2,3)18-13(17)15-12-10-7-5-4-6-9(10)8-11(12)16;1-12-9-6-7-4-2-3-5-8(7)10(9)11;3-2(4,5)1(6)7/h2*2-4,7,9-10,12,17,23-24H,5-6,8,11,13-16,18-20H2,1H3;1,4-5,10-11H,2-3,6-9,12-13H2;5-8,12-13H,9H2,1-4H3,(H,16,17);4-7,11-12,16H,8H2,1-3H3,(H,15,17);2-5,9-10H,6,11H2,1H3;(H,6,7)/t2*23-,24-,26-;15-;12-,13-;11-,12-;9-,10-;/m111111./s1. The number of carbonyl (C=O) groups is 4. The number of alkyl halides is 3. The molecule has 730 valence electrons. The molecular weight excluding hydrogens is 1710 g/mol. The van der Waals surface area contributed by atoms with Crippen LogP contribution in [0.2, 0.25) is 0 Å². The summed E-state index contributed by atoms with van der Waals surface area (Å²) in [6, 6.07) is 60.4. The van der Waals surface area contributed by atoms with Crippen molar-refractivity contribution in [2.45, 2.75) is 345 Å². The van der Waals surface area contributed by atoms with Gasteiger partial charge in [-0.25, -0.2) is 14.4 Å². The number of pyridine rings is 3. The van der Waals surface area contributed by atoms with Crippen LogP contribution in [0, 0.1) is 0 Å². The Labute approximate surface area is 797 Å². The van der Waals surface area contributed by atoms with Crippen LogP contribution in [-0.2, 0) is 101 Å². The molecule has 0 radical (unpaired) electrons. The zero-order chi connectivity index (χ0) is 96.1. The van der Waals surface area contributed by atoms with E-state index in [4.69, 9.17) is 68.2 Å². The summed E-state index contributed by atoms with van der Waals surface area (Å²) in [5.74, 6) is -1.72. The van der Waals surface area contributed by atoms with Gasteiger partial charge >= 0.3 is 24.3 Å². The zero-order valence-electron chi connectivity index (χ0n) is 80.9. The summed E-state index contributed by atoms with van der Waals surface area (Å²) in [4.78, 5) is 58.0. The van der Waals surface area contributed by atoms with Crippen molar-refractivity contribution in [1.29, 1.82) is 0 Å². The number of nitrogens with one attached hydrogen (secondary N) is 2. The van der Waals surface area contributed by atoms with Gasteiger partial charge in [-0.3, -0.25) is 15.0 Å². The average Bonchev–Trinajstić information content (AvgIpc) is 1.75. The molecule has 3 saturated carbocycles. The number of carboxylic acids is 1. The number of methoxy groups -OCH3 is 4. The van der Waals surface area contributed by atoms with Gasteiger partial charge in [-0.2, -0.15) is 13.2 Å². The first-order valence-electron chi connectivity index (χ1n) is 49.1. The van der Waals surface area contributed by atoms with Crippen LogP contribution in [0.15, 0.2) is 195 Å². The van der Waals surface area contributed by atoms with Gasteiger partial charge in [0.1, 0.15) is 17.5 Å². The monoisotopic (exact) mass is 1860 g/mol. The van der Waals surface area contributed by atoms with Crippen LogP contribution in [-0.4, -0.2) is 163 Å². The number of halogens is 3. The number of nitrogens with two attached hydrogens (primary N) is 1. The molecule has 21 nitrogen and oxygen atoms in total. The second-order valence-corrected chi connectivity index (χ2v) is 41.1. The number of nitrogens with zero attached hydrogens (tertiary/aromatic N) is 3. The van der Waals surface area contributed by atoms with E-state index in [2.05, 4.69) is 113 Å². The first-order valence-corrected chi connectivity index (χ1v) is 49.1. The minimum Gasteiger partial charge on any atom is -0.475 e. The number of carbonyl (C=O) groups excluding carboxylic acids is 3. The molecule has 6 heterocycles. The van der Waals surface area contributed by atoms with E-state index in [1.54, 1.807) is 14.2 Å². The number of hydrogen-bond donors (Lipinski definition) is 5. The number of aldehydes is 1. The minimum atomic E-state index is -5.08. The van der Waals surface area contributed by atoms with Gasteiger partial charge in [0.2, 0.25) is 0 Å². The molecule has 0 bridgehead atoms. The van der Waals surface area contributed by atoms with E-state index in [0.717, 1.165) is 126 Å². The van der Waals surface area contributed by atoms with Crippen LogP contribution in [0.25, 0.3) is 0 Å². The summed E-state index contributed by atoms with van der Waals surface area (Å²) >= 11 is 0. The summed E-state index contributed by atoms with van der Waals surface area (Å²) in [6.45, 7) is 13.5.